The molecule has 1 aliphatic rings. The van der Waals surface area contributed by atoms with Crippen LogP contribution in [-0.4, -0.2) is 41.0 Å². The summed E-state index contributed by atoms with van der Waals surface area (Å²) in [5, 5.41) is 35.8. The Morgan fingerprint density at radius 2 is 1.94 bits per heavy atom. The molecule has 2 aromatic carbocycles. The maximum Gasteiger partial charge on any atom is 0.260 e. The number of nitrogens with zero attached hydrogens (tertiary/aromatic N) is 4. The number of anilines is 2. The summed E-state index contributed by atoms with van der Waals surface area (Å²) in [4.78, 5) is 15.1. The molecule has 0 unspecified atom stereocenters. The molecule has 0 bridgehead atoms. The molecule has 1 amide bonds. The highest BCUT2D eigenvalue weighted by Gasteiger charge is 2.30. The molecule has 34 heavy (non-hydrogen) atoms. The number of phenolic OH excluding ortho intramolecular Hbond substituents is 2. The maximum atomic E-state index is 13.4. The Bertz CT molecular complexity index is 1320. The van der Waals surface area contributed by atoms with Crippen LogP contribution in [0.3, 0.4) is 0 Å². The third kappa shape index (κ3) is 4.07. The minimum absolute atomic E-state index is 0.0921. The molecular formula is C25H26N6O3. The molecule has 1 aliphatic heterocycles. The van der Waals surface area contributed by atoms with E-state index in [1.807, 2.05) is 41.1 Å². The van der Waals surface area contributed by atoms with E-state index in [4.69, 9.17) is 5.10 Å². The number of hydrogen-bond acceptors (Lipinski definition) is 6. The van der Waals surface area contributed by atoms with E-state index in [0.717, 1.165) is 22.5 Å². The van der Waals surface area contributed by atoms with E-state index in [0.29, 0.717) is 37.1 Å². The van der Waals surface area contributed by atoms with Gasteiger partial charge in [0.05, 0.1) is 29.8 Å². The molecule has 0 aliphatic carbocycles. The molecule has 0 radical (unpaired) electrons. The van der Waals surface area contributed by atoms with Crippen molar-refractivity contribution in [3.05, 3.63) is 71.5 Å². The zero-order valence-corrected chi connectivity index (χ0v) is 19.0. The Balaban J connectivity index is 1.51. The summed E-state index contributed by atoms with van der Waals surface area (Å²) in [6.07, 6.45) is 1.70. The van der Waals surface area contributed by atoms with Gasteiger partial charge in [0.15, 0.2) is 0 Å². The second-order valence-corrected chi connectivity index (χ2v) is 8.90. The quantitative estimate of drug-likeness (QED) is 0.343. The van der Waals surface area contributed by atoms with Crippen molar-refractivity contribution in [2.75, 3.05) is 5.32 Å². The molecular weight excluding hydrogens is 432 g/mol. The number of fused-ring (bicyclic) bond motifs is 1. The molecule has 9 nitrogen and oxygen atoms in total. The number of aromatic amines is 1. The predicted molar refractivity (Wildman–Crippen MR) is 128 cm³/mol. The van der Waals surface area contributed by atoms with Gasteiger partial charge < -0.3 is 20.4 Å². The summed E-state index contributed by atoms with van der Waals surface area (Å²) in [5.41, 5.74) is 3.98. The van der Waals surface area contributed by atoms with Gasteiger partial charge >= 0.3 is 0 Å². The van der Waals surface area contributed by atoms with Gasteiger partial charge in [-0.05, 0) is 5.92 Å². The molecule has 0 spiro atoms. The number of carbonyl (C=O) groups is 1. The number of phenols is 2. The third-order valence-corrected chi connectivity index (χ3v) is 5.77. The van der Waals surface area contributed by atoms with Gasteiger partial charge in [-0.3, -0.25) is 9.89 Å². The van der Waals surface area contributed by atoms with Crippen molar-refractivity contribution in [1.82, 2.24) is 24.9 Å². The van der Waals surface area contributed by atoms with Gasteiger partial charge in [-0.1, -0.05) is 44.2 Å². The zero-order chi connectivity index (χ0) is 23.8. The lowest BCUT2D eigenvalue weighted by Crippen LogP contribution is -2.26. The van der Waals surface area contributed by atoms with Crippen LogP contribution in [0.1, 0.15) is 35.5 Å². The van der Waals surface area contributed by atoms with E-state index in [1.54, 1.807) is 11.1 Å². The molecule has 0 saturated heterocycles. The smallest absolute Gasteiger partial charge is 0.260 e. The Labute approximate surface area is 196 Å². The lowest BCUT2D eigenvalue weighted by atomic mass is 10.1. The largest absolute Gasteiger partial charge is 0.508 e. The minimum Gasteiger partial charge on any atom is -0.508 e. The van der Waals surface area contributed by atoms with Crippen LogP contribution in [0.2, 0.25) is 0 Å². The topological polar surface area (TPSA) is 119 Å². The van der Waals surface area contributed by atoms with Gasteiger partial charge in [0.25, 0.3) is 5.91 Å². The number of H-pyrrole nitrogens is 1. The number of amides is 1. The van der Waals surface area contributed by atoms with Crippen LogP contribution in [0.5, 0.6) is 11.5 Å². The monoisotopic (exact) mass is 458 g/mol. The molecule has 0 saturated carbocycles. The Kier molecular flexibility index (Phi) is 5.45. The van der Waals surface area contributed by atoms with E-state index in [-0.39, 0.29) is 23.0 Å². The molecule has 174 valence electrons. The van der Waals surface area contributed by atoms with Crippen LogP contribution >= 0.6 is 0 Å². The van der Waals surface area contributed by atoms with Crippen molar-refractivity contribution in [1.29, 1.82) is 0 Å². The number of aromatic nitrogens is 4. The summed E-state index contributed by atoms with van der Waals surface area (Å²) in [6, 6.07) is 14.3. The average molecular weight is 459 g/mol. The van der Waals surface area contributed by atoms with Gasteiger partial charge in [0.1, 0.15) is 22.9 Å². The molecule has 0 atom stereocenters. The van der Waals surface area contributed by atoms with Crippen LogP contribution in [0.4, 0.5) is 11.5 Å². The van der Waals surface area contributed by atoms with Crippen molar-refractivity contribution < 1.29 is 15.0 Å². The highest BCUT2D eigenvalue weighted by molar-refractivity contribution is 6.03. The van der Waals surface area contributed by atoms with Crippen LogP contribution in [0.25, 0.3) is 11.3 Å². The lowest BCUT2D eigenvalue weighted by Gasteiger charge is -2.20. The molecule has 0 fully saturated rings. The van der Waals surface area contributed by atoms with Gasteiger partial charge in [-0.25, -0.2) is 4.68 Å². The van der Waals surface area contributed by atoms with Crippen molar-refractivity contribution >= 4 is 17.4 Å². The predicted octanol–water partition coefficient (Wildman–Crippen LogP) is 4.24. The number of aromatic hydroxyl groups is 2. The summed E-state index contributed by atoms with van der Waals surface area (Å²) >= 11 is 0. The first-order valence-electron chi connectivity index (χ1n) is 11.2. The average Bonchev–Trinajstić information content (AvgIpc) is 3.49. The van der Waals surface area contributed by atoms with Crippen molar-refractivity contribution in [3.8, 4) is 22.8 Å². The Hall–Kier alpha value is -4.27. The van der Waals surface area contributed by atoms with Crippen molar-refractivity contribution in [2.45, 2.75) is 33.5 Å². The van der Waals surface area contributed by atoms with Gasteiger partial charge in [-0.15, -0.1) is 0 Å². The van der Waals surface area contributed by atoms with Crippen LogP contribution in [-0.2, 0) is 19.6 Å². The van der Waals surface area contributed by atoms with Crippen LogP contribution in [0, 0.1) is 5.92 Å². The van der Waals surface area contributed by atoms with Gasteiger partial charge in [0.2, 0.25) is 0 Å². The van der Waals surface area contributed by atoms with Gasteiger partial charge in [-0.2, -0.15) is 10.2 Å². The molecule has 4 aromatic rings. The highest BCUT2D eigenvalue weighted by Crippen LogP contribution is 2.36. The standard InChI is InChI=1S/C25H26N6O3/c1-15(2)12-31-23(10-19(29-31)16-6-4-3-5-7-16)27-20-8-18(32)9-22(33)24(20)25(34)30-13-17-11-26-28-21(17)14-30/h3-11,15,27,32-33H,12-14H2,1-2H3,(H,26,28). The first kappa shape index (κ1) is 21.6. The molecule has 9 heteroatoms. The fourth-order valence-electron chi connectivity index (χ4n) is 4.19. The minimum atomic E-state index is -0.345. The normalized spacial score (nSPS) is 12.9. The number of nitrogens with one attached hydrogen (secondary N) is 2. The van der Waals surface area contributed by atoms with E-state index >= 15 is 0 Å². The summed E-state index contributed by atoms with van der Waals surface area (Å²) < 4.78 is 1.84. The van der Waals surface area contributed by atoms with E-state index < -0.39 is 0 Å². The fraction of sp³-hybridized carbons (Fsp3) is 0.240. The Morgan fingerprint density at radius 1 is 1.15 bits per heavy atom. The number of carbonyl (C=O) groups excluding carboxylic acids is 1. The second-order valence-electron chi connectivity index (χ2n) is 8.90. The highest BCUT2D eigenvalue weighted by atomic mass is 16.3. The van der Waals surface area contributed by atoms with Crippen LogP contribution < -0.4 is 5.32 Å². The third-order valence-electron chi connectivity index (χ3n) is 5.77. The number of benzene rings is 2. The summed E-state index contributed by atoms with van der Waals surface area (Å²) in [6.45, 7) is 5.61. The molecule has 4 N–H and O–H groups in total. The van der Waals surface area contributed by atoms with Crippen molar-refractivity contribution in [2.24, 2.45) is 5.92 Å². The fourth-order valence-corrected chi connectivity index (χ4v) is 4.19. The molecule has 3 heterocycles. The first-order valence-corrected chi connectivity index (χ1v) is 11.2. The molecule has 2 aromatic heterocycles. The number of hydrogen-bond donors (Lipinski definition) is 4. The van der Waals surface area contributed by atoms with Crippen LogP contribution in [0.15, 0.2) is 54.7 Å². The summed E-state index contributed by atoms with van der Waals surface area (Å²) in [7, 11) is 0. The number of rotatable bonds is 6. The van der Waals surface area contributed by atoms with E-state index in [2.05, 4.69) is 29.4 Å². The SMILES string of the molecule is CC(C)Cn1nc(-c2ccccc2)cc1Nc1cc(O)cc(O)c1C(=O)N1Cc2cn[nH]c2C1. The van der Waals surface area contributed by atoms with Gasteiger partial charge in [0, 0.05) is 42.4 Å². The second kappa shape index (κ2) is 8.58. The summed E-state index contributed by atoms with van der Waals surface area (Å²) in [5.74, 6) is 0.199. The van der Waals surface area contributed by atoms with Crippen molar-refractivity contribution in [3.63, 3.8) is 0 Å². The zero-order valence-electron chi connectivity index (χ0n) is 19.0. The van der Waals surface area contributed by atoms with E-state index in [9.17, 15) is 15.0 Å². The maximum absolute atomic E-state index is 13.4. The van der Waals surface area contributed by atoms with E-state index in [1.165, 1.54) is 12.1 Å². The Morgan fingerprint density at radius 3 is 2.68 bits per heavy atom. The lowest BCUT2D eigenvalue weighted by molar-refractivity contribution is 0.0747. The first-order chi connectivity index (χ1) is 16.4. The molecule has 5 rings (SSSR count).